The van der Waals surface area contributed by atoms with Gasteiger partial charge in [0.15, 0.2) is 0 Å². The highest BCUT2D eigenvalue weighted by Crippen LogP contribution is 2.27. The molecule has 1 atom stereocenters. The minimum absolute atomic E-state index is 0.331. The van der Waals surface area contributed by atoms with E-state index in [1.165, 1.54) is 11.5 Å². The van der Waals surface area contributed by atoms with Crippen LogP contribution in [0.2, 0.25) is 0 Å². The molecule has 1 heterocycles. The number of nitrogens with zero attached hydrogens (tertiary/aromatic N) is 1. The van der Waals surface area contributed by atoms with Crippen LogP contribution < -0.4 is 22.1 Å². The smallest absolute Gasteiger partial charge is 0.250 e. The Kier molecular flexibility index (Phi) is 7.53. The van der Waals surface area contributed by atoms with E-state index in [0.29, 0.717) is 16.9 Å². The number of aromatic nitrogens is 1. The summed E-state index contributed by atoms with van der Waals surface area (Å²) in [4.78, 5) is 23.5. The maximum atomic E-state index is 11.8. The second kappa shape index (κ2) is 10.1. The first-order valence-corrected chi connectivity index (χ1v) is 9.34. The summed E-state index contributed by atoms with van der Waals surface area (Å²) >= 11 is 1.27. The van der Waals surface area contributed by atoms with Crippen molar-refractivity contribution in [3.63, 3.8) is 0 Å². The number of nitrogens with one attached hydrogen (secondary N) is 2. The normalized spacial score (nSPS) is 12.6. The molecule has 2 aromatic rings. The van der Waals surface area contributed by atoms with Gasteiger partial charge in [0.05, 0.1) is 16.9 Å². The molecule has 2 amide bonds. The van der Waals surface area contributed by atoms with E-state index in [0.717, 1.165) is 10.7 Å². The zero-order chi connectivity index (χ0) is 20.5. The molecule has 1 aromatic heterocycles. The van der Waals surface area contributed by atoms with Gasteiger partial charge in [0.1, 0.15) is 11.0 Å². The molecule has 6 N–H and O–H groups in total. The molecule has 0 radical (unpaired) electrons. The quantitative estimate of drug-likeness (QED) is 0.484. The molecule has 146 valence electrons. The van der Waals surface area contributed by atoms with E-state index in [-0.39, 0.29) is 0 Å². The molecule has 8 heteroatoms. The highest BCUT2D eigenvalue weighted by Gasteiger charge is 2.14. The maximum Gasteiger partial charge on any atom is 0.250 e. The molecule has 0 aliphatic heterocycles. The van der Waals surface area contributed by atoms with Gasteiger partial charge in [-0.25, -0.2) is 0 Å². The van der Waals surface area contributed by atoms with Crippen LogP contribution in [0.15, 0.2) is 60.7 Å². The summed E-state index contributed by atoms with van der Waals surface area (Å²) in [6.45, 7) is 3.79. The third kappa shape index (κ3) is 6.10. The van der Waals surface area contributed by atoms with Crippen LogP contribution >= 0.6 is 11.5 Å². The molecular weight excluding hydrogens is 374 g/mol. The van der Waals surface area contributed by atoms with Crippen LogP contribution in [-0.4, -0.2) is 22.2 Å². The third-order valence-electron chi connectivity index (χ3n) is 3.63. The van der Waals surface area contributed by atoms with Crippen LogP contribution in [0.1, 0.15) is 23.0 Å². The zero-order valence-corrected chi connectivity index (χ0v) is 16.5. The number of carbonyl (C=O) groups is 2. The molecule has 0 spiro atoms. The van der Waals surface area contributed by atoms with Crippen molar-refractivity contribution in [1.29, 1.82) is 0 Å². The van der Waals surface area contributed by atoms with Crippen molar-refractivity contribution in [2.45, 2.75) is 19.9 Å². The summed E-state index contributed by atoms with van der Waals surface area (Å²) in [7, 11) is 0. The Morgan fingerprint density at radius 1 is 1.14 bits per heavy atom. The van der Waals surface area contributed by atoms with Gasteiger partial charge in [-0.1, -0.05) is 36.5 Å². The van der Waals surface area contributed by atoms with Gasteiger partial charge in [0.25, 0.3) is 5.91 Å². The lowest BCUT2D eigenvalue weighted by Crippen LogP contribution is -2.33. The first-order chi connectivity index (χ1) is 13.4. The number of benzene rings is 1. The number of primary amides is 2. The number of amides is 2. The number of hydrogen-bond donors (Lipinski definition) is 4. The fourth-order valence-corrected chi connectivity index (χ4v) is 2.99. The lowest BCUT2D eigenvalue weighted by atomic mass is 10.1. The molecule has 1 aromatic carbocycles. The van der Waals surface area contributed by atoms with E-state index in [4.69, 9.17) is 11.5 Å². The number of hydrogen-bond acceptors (Lipinski definition) is 6. The van der Waals surface area contributed by atoms with Crippen molar-refractivity contribution in [2.24, 2.45) is 11.5 Å². The summed E-state index contributed by atoms with van der Waals surface area (Å²) in [5.74, 6) is -1.09. The molecule has 0 aliphatic carbocycles. The monoisotopic (exact) mass is 397 g/mol. The summed E-state index contributed by atoms with van der Waals surface area (Å²) in [6.07, 6.45) is 10.8. The maximum absolute atomic E-state index is 11.8. The summed E-state index contributed by atoms with van der Waals surface area (Å²) in [5, 5.41) is 6.97. The number of allylic oxidation sites excluding steroid dienone is 5. The largest absolute Gasteiger partial charge is 0.371 e. The molecule has 28 heavy (non-hydrogen) atoms. The van der Waals surface area contributed by atoms with E-state index in [2.05, 4.69) is 15.0 Å². The van der Waals surface area contributed by atoms with Gasteiger partial charge in [0, 0.05) is 5.69 Å². The number of nitrogens with two attached hydrogens (primary N) is 2. The van der Waals surface area contributed by atoms with Crippen LogP contribution in [-0.2, 0) is 4.79 Å². The van der Waals surface area contributed by atoms with Crippen molar-refractivity contribution < 1.29 is 9.59 Å². The van der Waals surface area contributed by atoms with Crippen LogP contribution in [0.5, 0.6) is 0 Å². The fraction of sp³-hybridized carbons (Fsp3) is 0.150. The van der Waals surface area contributed by atoms with Crippen molar-refractivity contribution >= 4 is 39.7 Å². The molecule has 0 saturated carbocycles. The zero-order valence-electron chi connectivity index (χ0n) is 15.7. The molecule has 0 bridgehead atoms. The lowest BCUT2D eigenvalue weighted by Gasteiger charge is -2.15. The first-order valence-electron chi connectivity index (χ1n) is 8.57. The summed E-state index contributed by atoms with van der Waals surface area (Å²) < 4.78 is 4.20. The van der Waals surface area contributed by atoms with Crippen LogP contribution in [0.3, 0.4) is 0 Å². The minimum atomic E-state index is -0.715. The fourth-order valence-electron chi connectivity index (χ4n) is 2.32. The van der Waals surface area contributed by atoms with E-state index in [9.17, 15) is 9.59 Å². The lowest BCUT2D eigenvalue weighted by molar-refractivity contribution is -0.117. The van der Waals surface area contributed by atoms with Crippen molar-refractivity contribution in [2.75, 3.05) is 10.6 Å². The molecule has 0 unspecified atom stereocenters. The molecule has 0 aliphatic rings. The van der Waals surface area contributed by atoms with Gasteiger partial charge < -0.3 is 22.1 Å². The van der Waals surface area contributed by atoms with Gasteiger partial charge in [-0.2, -0.15) is 4.37 Å². The van der Waals surface area contributed by atoms with Crippen molar-refractivity contribution in [3.05, 3.63) is 72.0 Å². The third-order valence-corrected chi connectivity index (χ3v) is 4.42. The molecule has 2 rings (SSSR count). The number of aryl methyl sites for hydroxylation is 1. The number of carbonyl (C=O) groups excluding carboxylic acids is 2. The average molecular weight is 398 g/mol. The van der Waals surface area contributed by atoms with E-state index >= 15 is 0 Å². The molecular formula is C20H23N5O2S. The highest BCUT2D eigenvalue weighted by molar-refractivity contribution is 7.10. The Morgan fingerprint density at radius 2 is 1.89 bits per heavy atom. The summed E-state index contributed by atoms with van der Waals surface area (Å²) in [6, 6.07) is 6.11. The van der Waals surface area contributed by atoms with Gasteiger partial charge in [-0.15, -0.1) is 0 Å². The Bertz CT molecular complexity index is 930. The summed E-state index contributed by atoms with van der Waals surface area (Å²) in [5.41, 5.74) is 13.3. The van der Waals surface area contributed by atoms with Gasteiger partial charge in [-0.3, -0.25) is 9.59 Å². The molecule has 7 nitrogen and oxygen atoms in total. The predicted molar refractivity (Wildman–Crippen MR) is 115 cm³/mol. The molecule has 0 fully saturated rings. The topological polar surface area (TPSA) is 123 Å². The highest BCUT2D eigenvalue weighted by atomic mass is 32.1. The first kappa shape index (κ1) is 20.9. The van der Waals surface area contributed by atoms with Gasteiger partial charge in [0.2, 0.25) is 5.91 Å². The van der Waals surface area contributed by atoms with Gasteiger partial charge >= 0.3 is 0 Å². The van der Waals surface area contributed by atoms with Crippen LogP contribution in [0, 0.1) is 6.92 Å². The SMILES string of the molecule is C\C=C/C=C\C=C\[C@@H](Nc1ccc(C(N)=O)c(Nc2cc(C)ns2)c1)C(N)=O. The predicted octanol–water partition coefficient (Wildman–Crippen LogP) is 3.25. The van der Waals surface area contributed by atoms with E-state index < -0.39 is 17.9 Å². The average Bonchev–Trinajstić information content (AvgIpc) is 3.05. The Balaban J connectivity index is 2.24. The van der Waals surface area contributed by atoms with Gasteiger partial charge in [-0.05, 0) is 49.6 Å². The second-order valence-electron chi connectivity index (χ2n) is 5.90. The second-order valence-corrected chi connectivity index (χ2v) is 6.71. The minimum Gasteiger partial charge on any atom is -0.371 e. The van der Waals surface area contributed by atoms with Crippen LogP contribution in [0.4, 0.5) is 16.4 Å². The standard InChI is InChI=1S/C20H23N5O2S/c1-3-4-5-6-7-8-16(20(22)27)23-14-9-10-15(19(21)26)17(12-14)24-18-11-13(2)25-28-18/h3-12,16,23-24H,1-2H3,(H2,21,26)(H2,22,27)/b4-3-,6-5-,8-7+/t16-/m1/s1. The Hall–Kier alpha value is -3.39. The Morgan fingerprint density at radius 3 is 2.50 bits per heavy atom. The van der Waals surface area contributed by atoms with E-state index in [1.54, 1.807) is 36.4 Å². The Labute approximate surface area is 168 Å². The number of anilines is 3. The van der Waals surface area contributed by atoms with Crippen LogP contribution in [0.25, 0.3) is 0 Å². The van der Waals surface area contributed by atoms with Crippen molar-refractivity contribution in [3.8, 4) is 0 Å². The molecule has 0 saturated heterocycles. The number of rotatable bonds is 9. The van der Waals surface area contributed by atoms with Crippen molar-refractivity contribution in [1.82, 2.24) is 4.37 Å². The van der Waals surface area contributed by atoms with E-state index in [1.807, 2.05) is 38.1 Å².